The summed E-state index contributed by atoms with van der Waals surface area (Å²) in [4.78, 5) is 28.6. The van der Waals surface area contributed by atoms with Gasteiger partial charge in [-0.15, -0.1) is 0 Å². The van der Waals surface area contributed by atoms with Crippen molar-refractivity contribution in [1.82, 2.24) is 9.80 Å². The van der Waals surface area contributed by atoms with Crippen LogP contribution in [-0.2, 0) is 17.4 Å². The number of halogens is 3. The van der Waals surface area contributed by atoms with Crippen LogP contribution in [0.3, 0.4) is 0 Å². The van der Waals surface area contributed by atoms with E-state index < -0.39 is 11.7 Å². The number of benzene rings is 2. The van der Waals surface area contributed by atoms with E-state index in [9.17, 15) is 22.8 Å². The van der Waals surface area contributed by atoms with Crippen molar-refractivity contribution in [3.05, 3.63) is 53.1 Å². The molecule has 2 aromatic carbocycles. The lowest BCUT2D eigenvalue weighted by molar-refractivity contribution is -0.137. The molecule has 1 saturated heterocycles. The molecule has 2 amide bonds. The summed E-state index contributed by atoms with van der Waals surface area (Å²) in [5, 5.41) is 0. The first-order valence-electron chi connectivity index (χ1n) is 10.7. The molecule has 3 rings (SSSR count). The molecule has 184 valence electrons. The van der Waals surface area contributed by atoms with Crippen molar-refractivity contribution >= 4 is 11.8 Å². The van der Waals surface area contributed by atoms with Gasteiger partial charge < -0.3 is 24.0 Å². The Morgan fingerprint density at radius 3 is 1.85 bits per heavy atom. The Bertz CT molecular complexity index is 991. The van der Waals surface area contributed by atoms with Crippen molar-refractivity contribution in [1.29, 1.82) is 0 Å². The number of alkyl halides is 3. The molecular weight excluding hydrogens is 453 g/mol. The Morgan fingerprint density at radius 1 is 0.853 bits per heavy atom. The molecule has 1 heterocycles. The maximum absolute atomic E-state index is 12.7. The minimum Gasteiger partial charge on any atom is -0.493 e. The van der Waals surface area contributed by atoms with Crippen LogP contribution < -0.4 is 14.2 Å². The fourth-order valence-electron chi connectivity index (χ4n) is 3.83. The van der Waals surface area contributed by atoms with Gasteiger partial charge in [-0.05, 0) is 48.4 Å². The van der Waals surface area contributed by atoms with E-state index in [1.165, 1.54) is 33.5 Å². The smallest absolute Gasteiger partial charge is 0.416 e. The minimum atomic E-state index is -4.45. The summed E-state index contributed by atoms with van der Waals surface area (Å²) in [7, 11) is 4.57. The zero-order valence-corrected chi connectivity index (χ0v) is 19.3. The highest BCUT2D eigenvalue weighted by atomic mass is 19.4. The van der Waals surface area contributed by atoms with E-state index in [0.717, 1.165) is 17.7 Å². The van der Waals surface area contributed by atoms with E-state index in [2.05, 4.69) is 0 Å². The number of piperazine rings is 1. The number of hydrogen-bond acceptors (Lipinski definition) is 5. The quantitative estimate of drug-likeness (QED) is 0.605. The first-order valence-corrected chi connectivity index (χ1v) is 10.7. The molecule has 0 spiro atoms. The minimum absolute atomic E-state index is 0.0459. The van der Waals surface area contributed by atoms with E-state index in [1.807, 2.05) is 0 Å². The number of ether oxygens (including phenoxy) is 3. The van der Waals surface area contributed by atoms with E-state index in [0.29, 0.717) is 49.8 Å². The lowest BCUT2D eigenvalue weighted by Gasteiger charge is -2.35. The lowest BCUT2D eigenvalue weighted by atomic mass is 10.1. The Morgan fingerprint density at radius 2 is 1.38 bits per heavy atom. The molecule has 34 heavy (non-hydrogen) atoms. The van der Waals surface area contributed by atoms with E-state index in [1.54, 1.807) is 21.9 Å². The number of rotatable bonds is 7. The molecule has 0 aromatic heterocycles. The molecule has 0 saturated carbocycles. The maximum atomic E-state index is 12.7. The monoisotopic (exact) mass is 480 g/mol. The summed E-state index contributed by atoms with van der Waals surface area (Å²) in [6, 6.07) is 7.76. The Labute approximate surface area is 196 Å². The fraction of sp³-hybridized carbons (Fsp3) is 0.417. The van der Waals surface area contributed by atoms with Crippen molar-refractivity contribution in [2.24, 2.45) is 0 Å². The molecule has 1 aliphatic heterocycles. The van der Waals surface area contributed by atoms with Crippen LogP contribution in [0.25, 0.3) is 0 Å². The summed E-state index contributed by atoms with van der Waals surface area (Å²) in [6.45, 7) is 1.35. The van der Waals surface area contributed by atoms with Crippen molar-refractivity contribution in [2.45, 2.75) is 19.0 Å². The molecule has 0 N–H and O–H groups in total. The van der Waals surface area contributed by atoms with Crippen LogP contribution in [-0.4, -0.2) is 69.1 Å². The second-order valence-electron chi connectivity index (χ2n) is 7.78. The number of nitrogens with zero attached hydrogens (tertiary/aromatic N) is 2. The van der Waals surface area contributed by atoms with Gasteiger partial charge in [0.1, 0.15) is 0 Å². The number of carbonyl (C=O) groups excluding carboxylic acids is 2. The molecule has 0 bridgehead atoms. The van der Waals surface area contributed by atoms with Crippen molar-refractivity contribution in [2.75, 3.05) is 47.5 Å². The van der Waals surface area contributed by atoms with Gasteiger partial charge in [0.2, 0.25) is 11.7 Å². The Kier molecular flexibility index (Phi) is 7.90. The molecule has 0 atom stereocenters. The van der Waals surface area contributed by atoms with Crippen LogP contribution in [0.1, 0.15) is 27.9 Å². The van der Waals surface area contributed by atoms with Gasteiger partial charge in [-0.2, -0.15) is 13.2 Å². The zero-order valence-electron chi connectivity index (χ0n) is 19.3. The van der Waals surface area contributed by atoms with Gasteiger partial charge in [-0.3, -0.25) is 9.59 Å². The van der Waals surface area contributed by atoms with Crippen LogP contribution in [0.5, 0.6) is 17.2 Å². The van der Waals surface area contributed by atoms with Crippen LogP contribution >= 0.6 is 0 Å². The molecule has 10 heteroatoms. The Hall–Kier alpha value is -3.43. The van der Waals surface area contributed by atoms with Crippen LogP contribution in [0.2, 0.25) is 0 Å². The average molecular weight is 480 g/mol. The summed E-state index contributed by atoms with van der Waals surface area (Å²) in [5.41, 5.74) is 0.251. The fourth-order valence-corrected chi connectivity index (χ4v) is 3.83. The molecule has 2 aromatic rings. The third kappa shape index (κ3) is 5.73. The zero-order chi connectivity index (χ0) is 24.9. The summed E-state index contributed by atoms with van der Waals surface area (Å²) >= 11 is 0. The largest absolute Gasteiger partial charge is 0.493 e. The number of hydrogen-bond donors (Lipinski definition) is 0. The Balaban J connectivity index is 1.54. The third-order valence-electron chi connectivity index (χ3n) is 5.73. The van der Waals surface area contributed by atoms with Gasteiger partial charge in [-0.25, -0.2) is 0 Å². The molecule has 1 fully saturated rings. The van der Waals surface area contributed by atoms with Gasteiger partial charge in [0.15, 0.2) is 11.5 Å². The standard InChI is InChI=1S/C24H27F3N2O5/c1-32-19-14-16(15-20(33-2)22(19)34-3)4-9-21(30)28-10-12-29(13-11-28)23(31)17-5-7-18(8-6-17)24(25,26)27/h5-8,14-15H,4,9-13H2,1-3H3. The third-order valence-corrected chi connectivity index (χ3v) is 5.73. The van der Waals surface area contributed by atoms with E-state index in [4.69, 9.17) is 14.2 Å². The molecular formula is C24H27F3N2O5. The number of carbonyl (C=O) groups is 2. The maximum Gasteiger partial charge on any atom is 0.416 e. The van der Waals surface area contributed by atoms with Gasteiger partial charge >= 0.3 is 6.18 Å². The molecule has 1 aliphatic rings. The highest BCUT2D eigenvalue weighted by Crippen LogP contribution is 2.38. The van der Waals surface area contributed by atoms with E-state index >= 15 is 0 Å². The topological polar surface area (TPSA) is 68.3 Å². The van der Waals surface area contributed by atoms with Gasteiger partial charge in [-0.1, -0.05) is 0 Å². The normalized spacial score (nSPS) is 14.1. The average Bonchev–Trinajstić information content (AvgIpc) is 2.85. The van der Waals surface area contributed by atoms with Crippen LogP contribution in [0, 0.1) is 0 Å². The predicted molar refractivity (Wildman–Crippen MR) is 118 cm³/mol. The second kappa shape index (κ2) is 10.7. The van der Waals surface area contributed by atoms with Crippen LogP contribution in [0.4, 0.5) is 13.2 Å². The summed E-state index contributed by atoms with van der Waals surface area (Å²) in [6.07, 6.45) is -3.71. The summed E-state index contributed by atoms with van der Waals surface area (Å²) in [5.74, 6) is 1.11. The number of aryl methyl sites for hydroxylation is 1. The van der Waals surface area contributed by atoms with Crippen molar-refractivity contribution in [3.8, 4) is 17.2 Å². The highest BCUT2D eigenvalue weighted by Gasteiger charge is 2.31. The predicted octanol–water partition coefficient (Wildman–Crippen LogP) is 3.65. The van der Waals surface area contributed by atoms with Gasteiger partial charge in [0.25, 0.3) is 5.91 Å². The number of amides is 2. The van der Waals surface area contributed by atoms with Crippen molar-refractivity contribution in [3.63, 3.8) is 0 Å². The molecule has 0 radical (unpaired) electrons. The second-order valence-corrected chi connectivity index (χ2v) is 7.78. The molecule has 0 unspecified atom stereocenters. The van der Waals surface area contributed by atoms with Crippen molar-refractivity contribution < 1.29 is 37.0 Å². The van der Waals surface area contributed by atoms with Gasteiger partial charge in [0.05, 0.1) is 26.9 Å². The highest BCUT2D eigenvalue weighted by molar-refractivity contribution is 5.94. The first-order chi connectivity index (χ1) is 16.2. The number of methoxy groups -OCH3 is 3. The summed E-state index contributed by atoms with van der Waals surface area (Å²) < 4.78 is 54.2. The molecule has 0 aliphatic carbocycles. The lowest BCUT2D eigenvalue weighted by Crippen LogP contribution is -2.50. The first kappa shape index (κ1) is 25.2. The molecule has 7 nitrogen and oxygen atoms in total. The van der Waals surface area contributed by atoms with Gasteiger partial charge in [0, 0.05) is 38.2 Å². The van der Waals surface area contributed by atoms with Crippen LogP contribution in [0.15, 0.2) is 36.4 Å². The SMILES string of the molecule is COc1cc(CCC(=O)N2CCN(C(=O)c3ccc(C(F)(F)F)cc3)CC2)cc(OC)c1OC. The van der Waals surface area contributed by atoms with E-state index in [-0.39, 0.29) is 23.8 Å².